The van der Waals surface area contributed by atoms with E-state index in [1.807, 2.05) is 20.8 Å². The van der Waals surface area contributed by atoms with Gasteiger partial charge in [0, 0.05) is 17.5 Å². The molecule has 0 radical (unpaired) electrons. The van der Waals surface area contributed by atoms with Crippen LogP contribution in [0.15, 0.2) is 0 Å². The first-order valence-electron chi connectivity index (χ1n) is 7.05. The molecule has 1 aliphatic rings. The monoisotopic (exact) mass is 305 g/mol. The van der Waals surface area contributed by atoms with Crippen molar-refractivity contribution in [3.8, 4) is 0 Å². The minimum atomic E-state index is -0.489. The molecule has 20 heavy (non-hydrogen) atoms. The summed E-state index contributed by atoms with van der Waals surface area (Å²) in [4.78, 5) is 23.9. The lowest BCUT2D eigenvalue weighted by atomic mass is 9.95. The molecule has 5 nitrogen and oxygen atoms in total. The summed E-state index contributed by atoms with van der Waals surface area (Å²) in [5.74, 6) is -0.203. The van der Waals surface area contributed by atoms with Gasteiger partial charge in [0.1, 0.15) is 6.04 Å². The molecule has 1 rings (SSSR count). The average Bonchev–Trinajstić information content (AvgIpc) is 2.27. The van der Waals surface area contributed by atoms with Gasteiger partial charge in [0.05, 0.1) is 0 Å². The van der Waals surface area contributed by atoms with Crippen molar-refractivity contribution in [3.63, 3.8) is 0 Å². The van der Waals surface area contributed by atoms with Crippen molar-refractivity contribution in [2.24, 2.45) is 5.41 Å². The van der Waals surface area contributed by atoms with Crippen molar-refractivity contribution in [1.29, 1.82) is 0 Å². The predicted molar refractivity (Wildman–Crippen MR) is 82.9 cm³/mol. The van der Waals surface area contributed by atoms with Crippen LogP contribution in [0.5, 0.6) is 0 Å². The Morgan fingerprint density at radius 2 is 1.90 bits per heavy atom. The molecule has 1 fully saturated rings. The minimum Gasteiger partial charge on any atom is -0.351 e. The summed E-state index contributed by atoms with van der Waals surface area (Å²) >= 11 is 0. The number of hydrogen-bond acceptors (Lipinski definition) is 3. The normalized spacial score (nSPS) is 24.2. The molecule has 6 heteroatoms. The van der Waals surface area contributed by atoms with Gasteiger partial charge in [-0.2, -0.15) is 0 Å². The third-order valence-electron chi connectivity index (χ3n) is 3.39. The summed E-state index contributed by atoms with van der Waals surface area (Å²) in [5.41, 5.74) is -0.474. The number of carbonyl (C=O) groups excluding carboxylic acids is 2. The Labute approximate surface area is 128 Å². The van der Waals surface area contributed by atoms with Crippen LogP contribution in [-0.4, -0.2) is 36.5 Å². The van der Waals surface area contributed by atoms with Crippen molar-refractivity contribution in [2.75, 3.05) is 6.54 Å². The maximum absolute atomic E-state index is 12.0. The molecule has 0 saturated carbocycles. The highest BCUT2D eigenvalue weighted by Gasteiger charge is 2.27. The van der Waals surface area contributed by atoms with Crippen molar-refractivity contribution in [2.45, 2.75) is 65.6 Å². The van der Waals surface area contributed by atoms with Crippen molar-refractivity contribution >= 4 is 24.2 Å². The maximum Gasteiger partial charge on any atom is 0.242 e. The van der Waals surface area contributed by atoms with Gasteiger partial charge < -0.3 is 16.0 Å². The molecule has 118 valence electrons. The fourth-order valence-electron chi connectivity index (χ4n) is 2.07. The number of nitrogens with one attached hydrogen (secondary N) is 3. The standard InChI is InChI=1S/C14H27N3O2.ClH/c1-9-8-11(6-7-15-9)17-12(18)10(2)16-13(19)14(3,4)5;/h9-11,15H,6-8H2,1-5H3,(H,16,19)(H,17,18);1H. The highest BCUT2D eigenvalue weighted by Crippen LogP contribution is 2.13. The van der Waals surface area contributed by atoms with Crippen LogP contribution in [0.1, 0.15) is 47.5 Å². The number of hydrogen-bond donors (Lipinski definition) is 3. The van der Waals surface area contributed by atoms with Crippen LogP contribution in [-0.2, 0) is 9.59 Å². The van der Waals surface area contributed by atoms with Crippen molar-refractivity contribution in [1.82, 2.24) is 16.0 Å². The first-order valence-corrected chi connectivity index (χ1v) is 7.05. The van der Waals surface area contributed by atoms with Gasteiger partial charge in [-0.25, -0.2) is 0 Å². The van der Waals surface area contributed by atoms with Gasteiger partial charge in [0.15, 0.2) is 0 Å². The van der Waals surface area contributed by atoms with Crippen LogP contribution in [0.3, 0.4) is 0 Å². The molecular formula is C14H28ClN3O2. The Kier molecular flexibility index (Phi) is 7.52. The van der Waals surface area contributed by atoms with Gasteiger partial charge in [0.2, 0.25) is 11.8 Å². The number of carbonyl (C=O) groups is 2. The molecular weight excluding hydrogens is 278 g/mol. The molecule has 0 aromatic rings. The Bertz CT molecular complexity index is 342. The summed E-state index contributed by atoms with van der Waals surface area (Å²) in [6, 6.07) is 0.146. The van der Waals surface area contributed by atoms with E-state index in [0.29, 0.717) is 6.04 Å². The molecule has 1 aliphatic heterocycles. The summed E-state index contributed by atoms with van der Waals surface area (Å²) in [5, 5.41) is 9.11. The Hall–Kier alpha value is -0.810. The van der Waals surface area contributed by atoms with E-state index in [0.717, 1.165) is 19.4 Å². The van der Waals surface area contributed by atoms with Crippen molar-refractivity contribution in [3.05, 3.63) is 0 Å². The molecule has 3 N–H and O–H groups in total. The molecule has 1 heterocycles. The van der Waals surface area contributed by atoms with Crippen molar-refractivity contribution < 1.29 is 9.59 Å². The smallest absolute Gasteiger partial charge is 0.242 e. The van der Waals surface area contributed by atoms with Crippen LogP contribution in [0.25, 0.3) is 0 Å². The molecule has 0 aromatic carbocycles. The minimum absolute atomic E-state index is 0. The second-order valence-electron chi connectivity index (χ2n) is 6.53. The van der Waals surface area contributed by atoms with E-state index in [9.17, 15) is 9.59 Å². The van der Waals surface area contributed by atoms with Crippen LogP contribution < -0.4 is 16.0 Å². The summed E-state index contributed by atoms with van der Waals surface area (Å²) in [6.07, 6.45) is 1.88. The van der Waals surface area contributed by atoms with Crippen LogP contribution in [0.2, 0.25) is 0 Å². The molecule has 3 atom stereocenters. The number of halogens is 1. The third kappa shape index (κ3) is 6.09. The molecule has 0 aromatic heterocycles. The molecule has 3 unspecified atom stereocenters. The SMILES string of the molecule is CC1CC(NC(=O)C(C)NC(=O)C(C)(C)C)CCN1.Cl. The van der Waals surface area contributed by atoms with E-state index in [1.165, 1.54) is 0 Å². The predicted octanol–water partition coefficient (Wildman–Crippen LogP) is 1.22. The Morgan fingerprint density at radius 1 is 1.30 bits per heavy atom. The van der Waals surface area contributed by atoms with Crippen LogP contribution in [0, 0.1) is 5.41 Å². The summed E-state index contributed by atoms with van der Waals surface area (Å²) in [7, 11) is 0. The second-order valence-corrected chi connectivity index (χ2v) is 6.53. The van der Waals surface area contributed by atoms with E-state index >= 15 is 0 Å². The number of amides is 2. The van der Waals surface area contributed by atoms with Crippen LogP contribution in [0.4, 0.5) is 0 Å². The van der Waals surface area contributed by atoms with Crippen LogP contribution >= 0.6 is 12.4 Å². The summed E-state index contributed by atoms with van der Waals surface area (Å²) in [6.45, 7) is 10.3. The number of rotatable bonds is 3. The quantitative estimate of drug-likeness (QED) is 0.734. The lowest BCUT2D eigenvalue weighted by Crippen LogP contribution is -2.53. The first kappa shape index (κ1) is 19.2. The average molecular weight is 306 g/mol. The van der Waals surface area contributed by atoms with E-state index in [1.54, 1.807) is 6.92 Å². The topological polar surface area (TPSA) is 70.2 Å². The lowest BCUT2D eigenvalue weighted by molar-refractivity contribution is -0.133. The zero-order valence-corrected chi connectivity index (χ0v) is 13.9. The summed E-state index contributed by atoms with van der Waals surface area (Å²) < 4.78 is 0. The van der Waals surface area contributed by atoms with E-state index in [-0.39, 0.29) is 30.3 Å². The number of piperidine rings is 1. The fraction of sp³-hybridized carbons (Fsp3) is 0.857. The zero-order valence-electron chi connectivity index (χ0n) is 13.1. The molecule has 2 amide bonds. The lowest BCUT2D eigenvalue weighted by Gasteiger charge is -2.30. The van der Waals surface area contributed by atoms with Gasteiger partial charge >= 0.3 is 0 Å². The molecule has 1 saturated heterocycles. The molecule has 0 aliphatic carbocycles. The molecule has 0 spiro atoms. The van der Waals surface area contributed by atoms with E-state index in [4.69, 9.17) is 0 Å². The van der Waals surface area contributed by atoms with Gasteiger partial charge in [-0.3, -0.25) is 9.59 Å². The van der Waals surface area contributed by atoms with Gasteiger partial charge in [0.25, 0.3) is 0 Å². The fourth-order valence-corrected chi connectivity index (χ4v) is 2.07. The maximum atomic E-state index is 12.0. The largest absolute Gasteiger partial charge is 0.351 e. The van der Waals surface area contributed by atoms with E-state index < -0.39 is 11.5 Å². The molecule has 0 bridgehead atoms. The second kappa shape index (κ2) is 7.84. The zero-order chi connectivity index (χ0) is 14.6. The van der Waals surface area contributed by atoms with Gasteiger partial charge in [-0.15, -0.1) is 12.4 Å². The highest BCUT2D eigenvalue weighted by atomic mass is 35.5. The van der Waals surface area contributed by atoms with E-state index in [2.05, 4.69) is 22.9 Å². The Morgan fingerprint density at radius 3 is 2.40 bits per heavy atom. The first-order chi connectivity index (χ1) is 8.70. The van der Waals surface area contributed by atoms with Gasteiger partial charge in [-0.1, -0.05) is 20.8 Å². The third-order valence-corrected chi connectivity index (χ3v) is 3.39. The highest BCUT2D eigenvalue weighted by molar-refractivity contribution is 5.89. The van der Waals surface area contributed by atoms with Gasteiger partial charge in [-0.05, 0) is 33.2 Å². The Balaban J connectivity index is 0.00000361.